The lowest BCUT2D eigenvalue weighted by molar-refractivity contribution is 0.587. The third kappa shape index (κ3) is 5.68. The van der Waals surface area contributed by atoms with E-state index in [9.17, 15) is 4.39 Å². The van der Waals surface area contributed by atoms with Crippen molar-refractivity contribution in [1.82, 2.24) is 5.32 Å². The van der Waals surface area contributed by atoms with Crippen molar-refractivity contribution in [3.63, 3.8) is 0 Å². The van der Waals surface area contributed by atoms with Gasteiger partial charge in [0.15, 0.2) is 0 Å². The molecule has 0 unspecified atom stereocenters. The number of hydrogen-bond donors (Lipinski definition) is 1. The first kappa shape index (κ1) is 15.9. The second kappa shape index (κ2) is 10.1. The van der Waals surface area contributed by atoms with Crippen LogP contribution in [0.25, 0.3) is 0 Å². The molecule has 1 fully saturated rings. The number of benzene rings is 1. The summed E-state index contributed by atoms with van der Waals surface area (Å²) in [4.78, 5) is 2.26. The van der Waals surface area contributed by atoms with Crippen LogP contribution in [0.15, 0.2) is 24.3 Å². The first-order valence-corrected chi connectivity index (χ1v) is 6.57. The van der Waals surface area contributed by atoms with Gasteiger partial charge in [-0.25, -0.2) is 4.39 Å². The number of hydrogen-bond acceptors (Lipinski definition) is 2. The Hall–Kier alpha value is -1.09. The molecule has 0 aromatic heterocycles. The third-order valence-corrected chi connectivity index (χ3v) is 2.31. The van der Waals surface area contributed by atoms with Crippen LogP contribution >= 0.6 is 0 Å². The first-order valence-electron chi connectivity index (χ1n) is 6.57. The van der Waals surface area contributed by atoms with Gasteiger partial charge in [0, 0.05) is 31.9 Å². The molecule has 1 aromatic carbocycles. The van der Waals surface area contributed by atoms with E-state index < -0.39 is 0 Å². The van der Waals surface area contributed by atoms with E-state index in [1.54, 1.807) is 0 Å². The zero-order chi connectivity index (χ0) is 13.1. The van der Waals surface area contributed by atoms with Crippen molar-refractivity contribution in [2.75, 3.05) is 31.1 Å². The highest BCUT2D eigenvalue weighted by Crippen LogP contribution is 2.14. The molecule has 17 heavy (non-hydrogen) atoms. The van der Waals surface area contributed by atoms with E-state index in [1.807, 2.05) is 39.8 Å². The van der Waals surface area contributed by atoms with Crippen molar-refractivity contribution in [3.05, 3.63) is 30.1 Å². The summed E-state index contributed by atoms with van der Waals surface area (Å²) < 4.78 is 12.6. The molecule has 1 heterocycles. The second-order valence-electron chi connectivity index (χ2n) is 3.21. The Bertz CT molecular complexity index is 266. The number of nitrogens with one attached hydrogen (secondary N) is 1. The number of piperazine rings is 1. The fourth-order valence-corrected chi connectivity index (χ4v) is 1.57. The van der Waals surface area contributed by atoms with Crippen molar-refractivity contribution in [2.45, 2.75) is 27.7 Å². The van der Waals surface area contributed by atoms with E-state index in [1.165, 1.54) is 12.1 Å². The second-order valence-corrected chi connectivity index (χ2v) is 3.21. The molecule has 0 atom stereocenters. The topological polar surface area (TPSA) is 15.3 Å². The average Bonchev–Trinajstić information content (AvgIpc) is 2.45. The van der Waals surface area contributed by atoms with Crippen LogP contribution in [-0.4, -0.2) is 26.2 Å². The summed E-state index contributed by atoms with van der Waals surface area (Å²) in [5.74, 6) is -0.168. The highest BCUT2D eigenvalue weighted by Gasteiger charge is 2.09. The van der Waals surface area contributed by atoms with Gasteiger partial charge < -0.3 is 10.2 Å². The summed E-state index contributed by atoms with van der Waals surface area (Å²) in [5.41, 5.74) is 1.11. The van der Waals surface area contributed by atoms with Gasteiger partial charge in [0.1, 0.15) is 5.82 Å². The molecule has 1 N–H and O–H groups in total. The van der Waals surface area contributed by atoms with Crippen LogP contribution in [0, 0.1) is 5.82 Å². The fraction of sp³-hybridized carbons (Fsp3) is 0.571. The Labute approximate surface area is 105 Å². The quantitative estimate of drug-likeness (QED) is 0.810. The van der Waals surface area contributed by atoms with Gasteiger partial charge >= 0.3 is 0 Å². The zero-order valence-corrected chi connectivity index (χ0v) is 11.5. The van der Waals surface area contributed by atoms with Crippen LogP contribution in [0.1, 0.15) is 27.7 Å². The van der Waals surface area contributed by atoms with Crippen LogP contribution in [0.2, 0.25) is 0 Å². The maximum Gasteiger partial charge on any atom is 0.123 e. The predicted molar refractivity (Wildman–Crippen MR) is 74.2 cm³/mol. The Morgan fingerprint density at radius 2 is 1.41 bits per heavy atom. The van der Waals surface area contributed by atoms with Gasteiger partial charge in [0.2, 0.25) is 0 Å². The van der Waals surface area contributed by atoms with E-state index in [2.05, 4.69) is 10.2 Å². The molecule has 2 rings (SSSR count). The fourth-order valence-electron chi connectivity index (χ4n) is 1.57. The van der Waals surface area contributed by atoms with E-state index in [0.29, 0.717) is 0 Å². The molecule has 1 saturated heterocycles. The van der Waals surface area contributed by atoms with Gasteiger partial charge in [-0.15, -0.1) is 0 Å². The molecule has 0 spiro atoms. The monoisotopic (exact) mass is 240 g/mol. The van der Waals surface area contributed by atoms with Crippen LogP contribution < -0.4 is 10.2 Å². The first-order chi connectivity index (χ1) is 8.36. The molecule has 2 nitrogen and oxygen atoms in total. The SMILES string of the molecule is CC.CC.Fc1ccc(N2CCNCC2)cc1. The third-order valence-electron chi connectivity index (χ3n) is 2.31. The van der Waals surface area contributed by atoms with Crippen molar-refractivity contribution in [3.8, 4) is 0 Å². The van der Waals surface area contributed by atoms with E-state index in [4.69, 9.17) is 0 Å². The average molecular weight is 240 g/mol. The van der Waals surface area contributed by atoms with Gasteiger partial charge in [0.05, 0.1) is 0 Å². The molecule has 1 aliphatic rings. The molecule has 0 saturated carbocycles. The molecular weight excluding hydrogens is 215 g/mol. The normalized spacial score (nSPS) is 14.1. The van der Waals surface area contributed by atoms with Crippen LogP contribution in [-0.2, 0) is 0 Å². The predicted octanol–water partition coefficient (Wildman–Crippen LogP) is 3.29. The van der Waals surface area contributed by atoms with Crippen LogP contribution in [0.3, 0.4) is 0 Å². The zero-order valence-electron chi connectivity index (χ0n) is 11.5. The number of nitrogens with zero attached hydrogens (tertiary/aromatic N) is 1. The molecular formula is C14H25FN2. The van der Waals surface area contributed by atoms with Gasteiger partial charge in [-0.2, -0.15) is 0 Å². The van der Waals surface area contributed by atoms with Gasteiger partial charge in [-0.05, 0) is 24.3 Å². The van der Waals surface area contributed by atoms with Crippen molar-refractivity contribution in [1.29, 1.82) is 0 Å². The highest BCUT2D eigenvalue weighted by atomic mass is 19.1. The number of halogens is 1. The Morgan fingerprint density at radius 3 is 1.88 bits per heavy atom. The molecule has 1 aliphatic heterocycles. The summed E-state index contributed by atoms with van der Waals surface area (Å²) in [5, 5.41) is 3.28. The number of anilines is 1. The molecule has 0 aliphatic carbocycles. The summed E-state index contributed by atoms with van der Waals surface area (Å²) in [6.07, 6.45) is 0. The highest BCUT2D eigenvalue weighted by molar-refractivity contribution is 5.46. The summed E-state index contributed by atoms with van der Waals surface area (Å²) in [6.45, 7) is 12.0. The molecule has 0 bridgehead atoms. The minimum absolute atomic E-state index is 0.168. The van der Waals surface area contributed by atoms with E-state index in [-0.39, 0.29) is 5.82 Å². The maximum absolute atomic E-state index is 12.6. The molecule has 3 heteroatoms. The molecule has 98 valence electrons. The summed E-state index contributed by atoms with van der Waals surface area (Å²) >= 11 is 0. The number of rotatable bonds is 1. The van der Waals surface area contributed by atoms with Crippen molar-refractivity contribution < 1.29 is 4.39 Å². The molecule has 0 amide bonds. The lowest BCUT2D eigenvalue weighted by Crippen LogP contribution is -2.43. The van der Waals surface area contributed by atoms with Gasteiger partial charge in [0.25, 0.3) is 0 Å². The minimum atomic E-state index is -0.168. The standard InChI is InChI=1S/C10H13FN2.2C2H6/c11-9-1-3-10(4-2-9)13-7-5-12-6-8-13;2*1-2/h1-4,12H,5-8H2;2*1-2H3. The van der Waals surface area contributed by atoms with E-state index in [0.717, 1.165) is 31.9 Å². The van der Waals surface area contributed by atoms with Crippen molar-refractivity contribution in [2.24, 2.45) is 0 Å². The van der Waals surface area contributed by atoms with Crippen LogP contribution in [0.5, 0.6) is 0 Å². The summed E-state index contributed by atoms with van der Waals surface area (Å²) in [6, 6.07) is 6.69. The smallest absolute Gasteiger partial charge is 0.123 e. The summed E-state index contributed by atoms with van der Waals surface area (Å²) in [7, 11) is 0. The lowest BCUT2D eigenvalue weighted by atomic mass is 10.2. The Kier molecular flexibility index (Phi) is 9.44. The van der Waals surface area contributed by atoms with Crippen molar-refractivity contribution >= 4 is 5.69 Å². The minimum Gasteiger partial charge on any atom is -0.369 e. The van der Waals surface area contributed by atoms with Gasteiger partial charge in [-0.3, -0.25) is 0 Å². The van der Waals surface area contributed by atoms with Crippen LogP contribution in [0.4, 0.5) is 10.1 Å². The molecule has 1 aromatic rings. The largest absolute Gasteiger partial charge is 0.369 e. The Balaban J connectivity index is 0.000000581. The van der Waals surface area contributed by atoms with Gasteiger partial charge in [-0.1, -0.05) is 27.7 Å². The maximum atomic E-state index is 12.6. The van der Waals surface area contributed by atoms with E-state index >= 15 is 0 Å². The lowest BCUT2D eigenvalue weighted by Gasteiger charge is -2.29. The Morgan fingerprint density at radius 1 is 0.941 bits per heavy atom. The molecule has 0 radical (unpaired) electrons.